The largest absolute Gasteiger partial charge is 0.375 e. The van der Waals surface area contributed by atoms with Gasteiger partial charge in [0.25, 0.3) is 0 Å². The second-order valence-corrected chi connectivity index (χ2v) is 5.31. The van der Waals surface area contributed by atoms with Crippen LogP contribution in [0.2, 0.25) is 0 Å². The Morgan fingerprint density at radius 1 is 1.00 bits per heavy atom. The Hall–Kier alpha value is -1.67. The molecular formula is C19H25FIN3O. The lowest BCUT2D eigenvalue weighted by molar-refractivity contribution is 0.125. The predicted octanol–water partition coefficient (Wildman–Crippen LogP) is 3.37. The van der Waals surface area contributed by atoms with Crippen LogP contribution in [0.15, 0.2) is 59.6 Å². The summed E-state index contributed by atoms with van der Waals surface area (Å²) >= 11 is 0. The maximum atomic E-state index is 13.5. The van der Waals surface area contributed by atoms with Gasteiger partial charge in [-0.25, -0.2) is 4.39 Å². The van der Waals surface area contributed by atoms with E-state index < -0.39 is 0 Å². The molecular weight excluding hydrogens is 432 g/mol. The highest BCUT2D eigenvalue weighted by Gasteiger charge is 2.01. The lowest BCUT2D eigenvalue weighted by Gasteiger charge is -2.12. The highest BCUT2D eigenvalue weighted by molar-refractivity contribution is 14.0. The van der Waals surface area contributed by atoms with Gasteiger partial charge >= 0.3 is 0 Å². The van der Waals surface area contributed by atoms with Gasteiger partial charge in [0, 0.05) is 20.1 Å². The summed E-state index contributed by atoms with van der Waals surface area (Å²) in [5, 5.41) is 6.35. The van der Waals surface area contributed by atoms with Gasteiger partial charge in [-0.15, -0.1) is 24.0 Å². The van der Waals surface area contributed by atoms with Crippen LogP contribution in [0, 0.1) is 5.82 Å². The van der Waals surface area contributed by atoms with Crippen molar-refractivity contribution >= 4 is 29.9 Å². The number of nitrogens with one attached hydrogen (secondary N) is 2. The molecule has 0 amide bonds. The third kappa shape index (κ3) is 8.31. The monoisotopic (exact) mass is 457 g/mol. The first-order chi connectivity index (χ1) is 11.8. The van der Waals surface area contributed by atoms with E-state index >= 15 is 0 Å². The molecule has 2 rings (SSSR count). The SMILES string of the molecule is CN=C(NCCOCc1ccccc1)NCCc1ccccc1F.I. The van der Waals surface area contributed by atoms with Gasteiger partial charge in [-0.2, -0.15) is 0 Å². The second kappa shape index (κ2) is 12.7. The molecule has 2 aromatic carbocycles. The van der Waals surface area contributed by atoms with Crippen LogP contribution in [0.1, 0.15) is 11.1 Å². The van der Waals surface area contributed by atoms with Crippen molar-refractivity contribution in [2.24, 2.45) is 4.99 Å². The molecule has 0 bridgehead atoms. The summed E-state index contributed by atoms with van der Waals surface area (Å²) in [6.45, 7) is 2.46. The zero-order valence-electron chi connectivity index (χ0n) is 14.4. The third-order valence-corrected chi connectivity index (χ3v) is 3.52. The maximum absolute atomic E-state index is 13.5. The summed E-state index contributed by atoms with van der Waals surface area (Å²) < 4.78 is 19.1. The molecule has 0 unspecified atom stereocenters. The van der Waals surface area contributed by atoms with E-state index in [1.165, 1.54) is 6.07 Å². The molecule has 0 spiro atoms. The predicted molar refractivity (Wildman–Crippen MR) is 111 cm³/mol. The molecule has 0 aliphatic carbocycles. The normalized spacial score (nSPS) is 10.9. The number of aliphatic imine (C=N–C) groups is 1. The van der Waals surface area contributed by atoms with Crippen molar-refractivity contribution in [2.45, 2.75) is 13.0 Å². The summed E-state index contributed by atoms with van der Waals surface area (Å²) in [6.07, 6.45) is 0.609. The number of rotatable bonds is 8. The Labute approximate surface area is 165 Å². The van der Waals surface area contributed by atoms with Crippen LogP contribution in [0.5, 0.6) is 0 Å². The number of hydrogen-bond donors (Lipinski definition) is 2. The van der Waals surface area contributed by atoms with E-state index in [2.05, 4.69) is 15.6 Å². The molecule has 0 radical (unpaired) electrons. The first-order valence-corrected chi connectivity index (χ1v) is 8.09. The smallest absolute Gasteiger partial charge is 0.191 e. The van der Waals surface area contributed by atoms with E-state index in [9.17, 15) is 4.39 Å². The van der Waals surface area contributed by atoms with Crippen molar-refractivity contribution < 1.29 is 9.13 Å². The lowest BCUT2D eigenvalue weighted by Crippen LogP contribution is -2.39. The van der Waals surface area contributed by atoms with E-state index in [1.807, 2.05) is 36.4 Å². The highest BCUT2D eigenvalue weighted by atomic mass is 127. The van der Waals surface area contributed by atoms with Crippen molar-refractivity contribution in [1.82, 2.24) is 10.6 Å². The van der Waals surface area contributed by atoms with Gasteiger partial charge in [0.2, 0.25) is 0 Å². The summed E-state index contributed by atoms with van der Waals surface area (Å²) in [4.78, 5) is 4.14. The number of nitrogens with zero attached hydrogens (tertiary/aromatic N) is 1. The molecule has 0 heterocycles. The summed E-state index contributed by atoms with van der Waals surface area (Å²) in [6, 6.07) is 16.9. The zero-order valence-corrected chi connectivity index (χ0v) is 16.7. The molecule has 0 fully saturated rings. The molecule has 2 aromatic rings. The van der Waals surface area contributed by atoms with E-state index in [0.717, 1.165) is 5.56 Å². The van der Waals surface area contributed by atoms with Crippen LogP contribution in [0.3, 0.4) is 0 Å². The maximum Gasteiger partial charge on any atom is 0.191 e. The van der Waals surface area contributed by atoms with Crippen molar-refractivity contribution in [3.05, 3.63) is 71.5 Å². The fourth-order valence-electron chi connectivity index (χ4n) is 2.24. The van der Waals surface area contributed by atoms with E-state index in [0.29, 0.717) is 44.2 Å². The molecule has 25 heavy (non-hydrogen) atoms. The topological polar surface area (TPSA) is 45.7 Å². The van der Waals surface area contributed by atoms with E-state index in [1.54, 1.807) is 19.2 Å². The van der Waals surface area contributed by atoms with Gasteiger partial charge in [0.15, 0.2) is 5.96 Å². The van der Waals surface area contributed by atoms with Gasteiger partial charge < -0.3 is 15.4 Å². The lowest BCUT2D eigenvalue weighted by atomic mass is 10.1. The van der Waals surface area contributed by atoms with Crippen molar-refractivity contribution in [2.75, 3.05) is 26.7 Å². The Morgan fingerprint density at radius 2 is 1.68 bits per heavy atom. The van der Waals surface area contributed by atoms with Crippen LogP contribution >= 0.6 is 24.0 Å². The molecule has 0 saturated carbocycles. The highest BCUT2D eigenvalue weighted by Crippen LogP contribution is 2.06. The fraction of sp³-hybridized carbons (Fsp3) is 0.316. The Morgan fingerprint density at radius 3 is 2.40 bits per heavy atom. The van der Waals surface area contributed by atoms with Crippen LogP contribution in [0.4, 0.5) is 4.39 Å². The summed E-state index contributed by atoms with van der Waals surface area (Å²) in [5.74, 6) is 0.520. The summed E-state index contributed by atoms with van der Waals surface area (Å²) in [5.41, 5.74) is 1.86. The van der Waals surface area contributed by atoms with Crippen molar-refractivity contribution in [3.8, 4) is 0 Å². The van der Waals surface area contributed by atoms with Crippen LogP contribution in [-0.4, -0.2) is 32.7 Å². The molecule has 136 valence electrons. The first kappa shape index (κ1) is 21.4. The molecule has 6 heteroatoms. The zero-order chi connectivity index (χ0) is 17.0. The van der Waals surface area contributed by atoms with Crippen molar-refractivity contribution in [1.29, 1.82) is 0 Å². The van der Waals surface area contributed by atoms with Crippen molar-refractivity contribution in [3.63, 3.8) is 0 Å². The molecule has 0 saturated heterocycles. The third-order valence-electron chi connectivity index (χ3n) is 3.52. The molecule has 0 aromatic heterocycles. The first-order valence-electron chi connectivity index (χ1n) is 8.09. The van der Waals surface area contributed by atoms with Gasteiger partial charge in [0.05, 0.1) is 13.2 Å². The minimum Gasteiger partial charge on any atom is -0.375 e. The van der Waals surface area contributed by atoms with Crippen LogP contribution < -0.4 is 10.6 Å². The van der Waals surface area contributed by atoms with E-state index in [4.69, 9.17) is 4.74 Å². The number of hydrogen-bond acceptors (Lipinski definition) is 2. The second-order valence-electron chi connectivity index (χ2n) is 5.31. The standard InChI is InChI=1S/C19H24FN3O.HI/c1-21-19(22-12-11-17-9-5-6-10-18(17)20)23-13-14-24-15-16-7-3-2-4-8-16;/h2-10H,11-15H2,1H3,(H2,21,22,23);1H. The molecule has 0 aliphatic heterocycles. The average Bonchev–Trinajstić information content (AvgIpc) is 2.62. The Balaban J connectivity index is 0.00000312. The number of ether oxygens (including phenoxy) is 1. The van der Waals surface area contributed by atoms with E-state index in [-0.39, 0.29) is 29.8 Å². The number of guanidine groups is 1. The summed E-state index contributed by atoms with van der Waals surface area (Å²) in [7, 11) is 1.71. The van der Waals surface area contributed by atoms with Crippen LogP contribution in [-0.2, 0) is 17.8 Å². The molecule has 4 nitrogen and oxygen atoms in total. The molecule has 2 N–H and O–H groups in total. The van der Waals surface area contributed by atoms with Gasteiger partial charge in [-0.3, -0.25) is 4.99 Å². The van der Waals surface area contributed by atoms with Crippen LogP contribution in [0.25, 0.3) is 0 Å². The van der Waals surface area contributed by atoms with Gasteiger partial charge in [-0.1, -0.05) is 48.5 Å². The fourth-order valence-corrected chi connectivity index (χ4v) is 2.24. The quantitative estimate of drug-likeness (QED) is 0.277. The molecule has 0 aliphatic rings. The number of benzene rings is 2. The average molecular weight is 457 g/mol. The number of halogens is 2. The minimum atomic E-state index is -0.170. The Kier molecular flexibility index (Phi) is 10.8. The molecule has 0 atom stereocenters. The Bertz CT molecular complexity index is 638. The minimum absolute atomic E-state index is 0. The van der Waals surface area contributed by atoms with Gasteiger partial charge in [-0.05, 0) is 23.6 Å². The van der Waals surface area contributed by atoms with Gasteiger partial charge in [0.1, 0.15) is 5.82 Å².